The van der Waals surface area contributed by atoms with Gasteiger partial charge in [0.15, 0.2) is 11.5 Å². The van der Waals surface area contributed by atoms with Crippen LogP contribution in [0.1, 0.15) is 31.7 Å². The number of aryl methyl sites for hydroxylation is 1. The van der Waals surface area contributed by atoms with Crippen molar-refractivity contribution in [2.45, 2.75) is 38.0 Å². The molecule has 0 aliphatic rings. The van der Waals surface area contributed by atoms with Gasteiger partial charge < -0.3 is 10.2 Å². The Kier molecular flexibility index (Phi) is 7.46. The summed E-state index contributed by atoms with van der Waals surface area (Å²) in [5, 5.41) is 16.0. The van der Waals surface area contributed by atoms with Crippen LogP contribution in [0.5, 0.6) is 0 Å². The Labute approximate surface area is 175 Å². The van der Waals surface area contributed by atoms with E-state index in [1.54, 1.807) is 16.3 Å². The molecule has 1 aromatic carbocycles. The third-order valence-corrected chi connectivity index (χ3v) is 5.61. The molecule has 0 unspecified atom stereocenters. The van der Waals surface area contributed by atoms with Gasteiger partial charge in [0, 0.05) is 37.4 Å². The lowest BCUT2D eigenvalue weighted by Crippen LogP contribution is -2.26. The number of anilines is 1. The Bertz CT molecular complexity index is 936. The molecule has 0 fully saturated rings. The minimum Gasteiger partial charge on any atom is -0.356 e. The number of aromatic nitrogens is 4. The van der Waals surface area contributed by atoms with Crippen molar-refractivity contribution in [3.63, 3.8) is 0 Å². The lowest BCUT2D eigenvalue weighted by molar-refractivity contribution is -0.121. The quantitative estimate of drug-likeness (QED) is 0.516. The molecule has 2 heterocycles. The van der Waals surface area contributed by atoms with E-state index in [0.29, 0.717) is 30.9 Å². The number of amides is 1. The second-order valence-electron chi connectivity index (χ2n) is 6.70. The number of nitrogens with zero attached hydrogens (tertiary/aromatic N) is 5. The van der Waals surface area contributed by atoms with Crippen molar-refractivity contribution in [1.82, 2.24) is 25.1 Å². The standard InChI is InChI=1S/C21H28N6OS/c1-4-26(5-2)20-11-10-18-23-24-19(27(18)25-20)12-13-21(28)22-15-14-16-6-8-17(29-3)9-7-16/h6-11H,4-5,12-15H2,1-3H3,(H,22,28). The van der Waals surface area contributed by atoms with Crippen molar-refractivity contribution < 1.29 is 4.79 Å². The molecule has 8 heteroatoms. The van der Waals surface area contributed by atoms with Gasteiger partial charge in [-0.3, -0.25) is 4.79 Å². The Morgan fingerprint density at radius 1 is 1.07 bits per heavy atom. The topological polar surface area (TPSA) is 75.4 Å². The maximum absolute atomic E-state index is 12.2. The predicted octanol–water partition coefficient (Wildman–Crippen LogP) is 2.98. The van der Waals surface area contributed by atoms with E-state index in [1.807, 2.05) is 12.1 Å². The molecule has 0 aliphatic heterocycles. The van der Waals surface area contributed by atoms with Crippen LogP contribution in [0, 0.1) is 0 Å². The average Bonchev–Trinajstić information content (AvgIpc) is 3.16. The number of carbonyl (C=O) groups is 1. The number of thioether (sulfide) groups is 1. The third-order valence-electron chi connectivity index (χ3n) is 4.87. The molecule has 29 heavy (non-hydrogen) atoms. The highest BCUT2D eigenvalue weighted by Crippen LogP contribution is 2.15. The van der Waals surface area contributed by atoms with E-state index in [4.69, 9.17) is 0 Å². The van der Waals surface area contributed by atoms with Crippen molar-refractivity contribution in [3.8, 4) is 0 Å². The highest BCUT2D eigenvalue weighted by atomic mass is 32.2. The molecule has 2 aromatic heterocycles. The summed E-state index contributed by atoms with van der Waals surface area (Å²) in [5.41, 5.74) is 1.92. The fraction of sp³-hybridized carbons (Fsp3) is 0.429. The fourth-order valence-electron chi connectivity index (χ4n) is 3.15. The maximum Gasteiger partial charge on any atom is 0.220 e. The van der Waals surface area contributed by atoms with Crippen molar-refractivity contribution in [3.05, 3.63) is 47.8 Å². The molecule has 1 N–H and O–H groups in total. The summed E-state index contributed by atoms with van der Waals surface area (Å²) in [4.78, 5) is 15.6. The molecule has 3 aromatic rings. The highest BCUT2D eigenvalue weighted by Gasteiger charge is 2.12. The van der Waals surface area contributed by atoms with Crippen molar-refractivity contribution in [2.24, 2.45) is 0 Å². The summed E-state index contributed by atoms with van der Waals surface area (Å²) < 4.78 is 1.74. The Morgan fingerprint density at radius 2 is 1.83 bits per heavy atom. The molecule has 1 amide bonds. The summed E-state index contributed by atoms with van der Waals surface area (Å²) in [5.74, 6) is 1.61. The molecule has 0 saturated heterocycles. The Morgan fingerprint density at radius 3 is 2.52 bits per heavy atom. The molecule has 3 rings (SSSR count). The second kappa shape index (κ2) is 10.2. The molecule has 0 spiro atoms. The molecule has 0 atom stereocenters. The van der Waals surface area contributed by atoms with Gasteiger partial charge in [-0.1, -0.05) is 12.1 Å². The lowest BCUT2D eigenvalue weighted by Gasteiger charge is -2.19. The van der Waals surface area contributed by atoms with E-state index in [9.17, 15) is 4.79 Å². The normalized spacial score (nSPS) is 11.0. The number of carbonyl (C=O) groups excluding carboxylic acids is 1. The van der Waals surface area contributed by atoms with Crippen LogP contribution in [0.3, 0.4) is 0 Å². The van der Waals surface area contributed by atoms with Gasteiger partial charge in [-0.2, -0.15) is 4.52 Å². The fourth-order valence-corrected chi connectivity index (χ4v) is 3.56. The molecule has 154 valence electrons. The maximum atomic E-state index is 12.2. The molecular formula is C21H28N6OS. The summed E-state index contributed by atoms with van der Waals surface area (Å²) >= 11 is 1.73. The van der Waals surface area contributed by atoms with Gasteiger partial charge in [-0.25, -0.2) is 0 Å². The van der Waals surface area contributed by atoms with Crippen LogP contribution < -0.4 is 10.2 Å². The summed E-state index contributed by atoms with van der Waals surface area (Å²) in [6.07, 6.45) is 3.75. The van der Waals surface area contributed by atoms with Crippen LogP contribution >= 0.6 is 11.8 Å². The van der Waals surface area contributed by atoms with Crippen LogP contribution in [-0.2, 0) is 17.6 Å². The van der Waals surface area contributed by atoms with E-state index < -0.39 is 0 Å². The summed E-state index contributed by atoms with van der Waals surface area (Å²) in [6.45, 7) is 6.60. The largest absolute Gasteiger partial charge is 0.356 e. The second-order valence-corrected chi connectivity index (χ2v) is 7.58. The van der Waals surface area contributed by atoms with Gasteiger partial charge >= 0.3 is 0 Å². The first-order valence-corrected chi connectivity index (χ1v) is 11.2. The minimum absolute atomic E-state index is 0.0161. The van der Waals surface area contributed by atoms with Gasteiger partial charge in [-0.05, 0) is 56.4 Å². The predicted molar refractivity (Wildman–Crippen MR) is 118 cm³/mol. The number of fused-ring (bicyclic) bond motifs is 1. The van der Waals surface area contributed by atoms with Crippen LogP contribution in [0.2, 0.25) is 0 Å². The minimum atomic E-state index is 0.0161. The van der Waals surface area contributed by atoms with Gasteiger partial charge in [0.25, 0.3) is 0 Å². The van der Waals surface area contributed by atoms with Gasteiger partial charge in [0.2, 0.25) is 5.91 Å². The Balaban J connectivity index is 1.52. The molecule has 0 radical (unpaired) electrons. The van der Waals surface area contributed by atoms with E-state index >= 15 is 0 Å². The zero-order valence-corrected chi connectivity index (χ0v) is 18.1. The summed E-state index contributed by atoms with van der Waals surface area (Å²) in [7, 11) is 0. The first-order valence-electron chi connectivity index (χ1n) is 10.0. The third kappa shape index (κ3) is 5.47. The lowest BCUT2D eigenvalue weighted by atomic mass is 10.1. The van der Waals surface area contributed by atoms with Crippen LogP contribution in [-0.4, -0.2) is 51.6 Å². The van der Waals surface area contributed by atoms with Gasteiger partial charge in [-0.15, -0.1) is 27.1 Å². The monoisotopic (exact) mass is 412 g/mol. The molecule has 0 aliphatic carbocycles. The number of benzene rings is 1. The number of rotatable bonds is 10. The first-order chi connectivity index (χ1) is 14.1. The number of hydrogen-bond donors (Lipinski definition) is 1. The highest BCUT2D eigenvalue weighted by molar-refractivity contribution is 7.98. The average molecular weight is 413 g/mol. The Hall–Kier alpha value is -2.61. The smallest absolute Gasteiger partial charge is 0.220 e. The zero-order chi connectivity index (χ0) is 20.6. The van der Waals surface area contributed by atoms with Crippen molar-refractivity contribution in [2.75, 3.05) is 30.8 Å². The van der Waals surface area contributed by atoms with Crippen molar-refractivity contribution >= 4 is 29.1 Å². The van der Waals surface area contributed by atoms with Crippen LogP contribution in [0.15, 0.2) is 41.3 Å². The molecule has 0 bridgehead atoms. The van der Waals surface area contributed by atoms with Crippen LogP contribution in [0.4, 0.5) is 5.82 Å². The van der Waals surface area contributed by atoms with Crippen molar-refractivity contribution in [1.29, 1.82) is 0 Å². The zero-order valence-electron chi connectivity index (χ0n) is 17.3. The number of hydrogen-bond acceptors (Lipinski definition) is 6. The van der Waals surface area contributed by atoms with E-state index in [1.165, 1.54) is 10.5 Å². The van der Waals surface area contributed by atoms with E-state index in [2.05, 4.69) is 69.9 Å². The summed E-state index contributed by atoms with van der Waals surface area (Å²) in [6, 6.07) is 12.3. The first kappa shape index (κ1) is 21.1. The molecule has 0 saturated carbocycles. The van der Waals surface area contributed by atoms with Gasteiger partial charge in [0.1, 0.15) is 5.82 Å². The van der Waals surface area contributed by atoms with E-state index in [-0.39, 0.29) is 5.91 Å². The SMILES string of the molecule is CCN(CC)c1ccc2nnc(CCC(=O)NCCc3ccc(SC)cc3)n2n1. The molecular weight excluding hydrogens is 384 g/mol. The van der Waals surface area contributed by atoms with E-state index in [0.717, 1.165) is 25.3 Å². The number of nitrogens with one attached hydrogen (secondary N) is 1. The van der Waals surface area contributed by atoms with Gasteiger partial charge in [0.05, 0.1) is 0 Å². The molecule has 7 nitrogen and oxygen atoms in total. The van der Waals surface area contributed by atoms with Crippen LogP contribution in [0.25, 0.3) is 5.65 Å².